The highest BCUT2D eigenvalue weighted by atomic mass is 19.4. The first-order chi connectivity index (χ1) is 12.8. The van der Waals surface area contributed by atoms with Crippen LogP contribution >= 0.6 is 0 Å². The van der Waals surface area contributed by atoms with E-state index in [-0.39, 0.29) is 30.1 Å². The first-order valence-corrected chi connectivity index (χ1v) is 8.73. The number of aryl methyl sites for hydroxylation is 1. The van der Waals surface area contributed by atoms with Crippen LogP contribution in [0.15, 0.2) is 10.5 Å². The predicted molar refractivity (Wildman–Crippen MR) is 87.5 cm³/mol. The Bertz CT molecular complexity index is 845. The third-order valence-electron chi connectivity index (χ3n) is 5.34. The van der Waals surface area contributed by atoms with E-state index >= 15 is 0 Å². The molecule has 0 radical (unpaired) electrons. The first-order valence-electron chi connectivity index (χ1n) is 8.73. The number of nitrogens with zero attached hydrogens (tertiary/aromatic N) is 5. The molecule has 2 fully saturated rings. The van der Waals surface area contributed by atoms with Crippen molar-refractivity contribution in [3.63, 3.8) is 0 Å². The molecular weight excluding hydrogens is 365 g/mol. The number of alkyl halides is 3. The van der Waals surface area contributed by atoms with E-state index in [1.807, 2.05) is 4.90 Å². The van der Waals surface area contributed by atoms with Crippen LogP contribution in [0.5, 0.6) is 0 Å². The highest BCUT2D eigenvalue weighted by molar-refractivity contribution is 5.80. The van der Waals surface area contributed by atoms with Gasteiger partial charge >= 0.3 is 12.2 Å². The fourth-order valence-corrected chi connectivity index (χ4v) is 3.37. The van der Waals surface area contributed by atoms with E-state index in [0.717, 1.165) is 36.7 Å². The molecule has 11 heteroatoms. The molecule has 2 aromatic rings. The molecule has 0 atom stereocenters. The Kier molecular flexibility index (Phi) is 4.11. The summed E-state index contributed by atoms with van der Waals surface area (Å²) in [6, 6.07) is 0.813. The number of piperidine rings is 1. The minimum Gasteiger partial charge on any atom is -0.402 e. The molecule has 1 amide bonds. The van der Waals surface area contributed by atoms with Gasteiger partial charge < -0.3 is 14.6 Å². The lowest BCUT2D eigenvalue weighted by Gasteiger charge is -2.32. The molecule has 1 spiro atoms. The SMILES string of the molecule is Cn1nc(C(F)(F)F)cc1-c1nnc(NCC(=O)N2CCC3(CC2)CC3)o1. The molecule has 1 aliphatic heterocycles. The van der Waals surface area contributed by atoms with Crippen molar-refractivity contribution in [2.24, 2.45) is 12.5 Å². The number of rotatable bonds is 4. The maximum atomic E-state index is 12.7. The van der Waals surface area contributed by atoms with Crippen LogP contribution in [-0.4, -0.2) is 50.4 Å². The lowest BCUT2D eigenvalue weighted by atomic mass is 9.94. The smallest absolute Gasteiger partial charge is 0.402 e. The van der Waals surface area contributed by atoms with Crippen LogP contribution in [0.2, 0.25) is 0 Å². The summed E-state index contributed by atoms with van der Waals surface area (Å²) in [5, 5.41) is 13.6. The van der Waals surface area contributed by atoms with E-state index in [9.17, 15) is 18.0 Å². The number of amides is 1. The Hall–Kier alpha value is -2.59. The van der Waals surface area contributed by atoms with Crippen LogP contribution in [0, 0.1) is 5.41 Å². The molecule has 27 heavy (non-hydrogen) atoms. The van der Waals surface area contributed by atoms with Gasteiger partial charge in [0, 0.05) is 26.2 Å². The van der Waals surface area contributed by atoms with Gasteiger partial charge in [0.2, 0.25) is 5.91 Å². The Morgan fingerprint density at radius 1 is 1.26 bits per heavy atom. The van der Waals surface area contributed by atoms with Gasteiger partial charge in [-0.25, -0.2) is 0 Å². The summed E-state index contributed by atoms with van der Waals surface area (Å²) in [5.41, 5.74) is -0.509. The average Bonchev–Trinajstić information content (AvgIpc) is 3.04. The van der Waals surface area contributed by atoms with Gasteiger partial charge in [-0.05, 0) is 31.1 Å². The van der Waals surface area contributed by atoms with Gasteiger partial charge in [-0.3, -0.25) is 9.48 Å². The summed E-state index contributed by atoms with van der Waals surface area (Å²) in [7, 11) is 1.36. The minimum absolute atomic E-state index is 0.00613. The lowest BCUT2D eigenvalue weighted by Crippen LogP contribution is -2.41. The van der Waals surface area contributed by atoms with Crippen molar-refractivity contribution in [2.45, 2.75) is 31.9 Å². The molecule has 2 aliphatic rings. The second-order valence-corrected chi connectivity index (χ2v) is 7.18. The monoisotopic (exact) mass is 384 g/mol. The van der Waals surface area contributed by atoms with Gasteiger partial charge in [-0.2, -0.15) is 18.3 Å². The summed E-state index contributed by atoms with van der Waals surface area (Å²) in [5.74, 6) is -0.172. The lowest BCUT2D eigenvalue weighted by molar-refractivity contribution is -0.141. The summed E-state index contributed by atoms with van der Waals surface area (Å²) in [6.07, 6.45) is 0.0676. The third kappa shape index (κ3) is 3.62. The highest BCUT2D eigenvalue weighted by Crippen LogP contribution is 2.53. The minimum atomic E-state index is -4.56. The van der Waals surface area contributed by atoms with E-state index in [1.165, 1.54) is 19.9 Å². The third-order valence-corrected chi connectivity index (χ3v) is 5.34. The average molecular weight is 384 g/mol. The molecule has 2 aromatic heterocycles. The van der Waals surface area contributed by atoms with Crippen molar-refractivity contribution in [2.75, 3.05) is 25.0 Å². The van der Waals surface area contributed by atoms with E-state index in [1.54, 1.807) is 0 Å². The standard InChI is InChI=1S/C16H19F3N6O2/c1-24-10(8-11(23-24)16(17,18)19)13-21-22-14(27-13)20-9-12(26)25-6-4-15(2-3-15)5-7-25/h8H,2-7,9H2,1H3,(H,20,22). The fourth-order valence-electron chi connectivity index (χ4n) is 3.37. The number of nitrogens with one attached hydrogen (secondary N) is 1. The largest absolute Gasteiger partial charge is 0.435 e. The normalized spacial score (nSPS) is 18.7. The number of carbonyl (C=O) groups is 1. The van der Waals surface area contributed by atoms with Gasteiger partial charge in [0.05, 0.1) is 6.54 Å². The topological polar surface area (TPSA) is 89.1 Å². The van der Waals surface area contributed by atoms with Crippen LogP contribution in [-0.2, 0) is 18.0 Å². The Morgan fingerprint density at radius 3 is 2.56 bits per heavy atom. The summed E-state index contributed by atoms with van der Waals surface area (Å²) in [6.45, 7) is 1.50. The van der Waals surface area contributed by atoms with Crippen LogP contribution in [0.4, 0.5) is 19.2 Å². The van der Waals surface area contributed by atoms with E-state index < -0.39 is 11.9 Å². The Morgan fingerprint density at radius 2 is 1.96 bits per heavy atom. The van der Waals surface area contributed by atoms with Crippen molar-refractivity contribution in [1.82, 2.24) is 24.9 Å². The van der Waals surface area contributed by atoms with Gasteiger partial charge in [0.1, 0.15) is 5.69 Å². The molecule has 0 aromatic carbocycles. The number of halogens is 3. The quantitative estimate of drug-likeness (QED) is 0.870. The molecule has 1 saturated carbocycles. The number of carbonyl (C=O) groups excluding carboxylic acids is 1. The van der Waals surface area contributed by atoms with E-state index in [2.05, 4.69) is 20.6 Å². The van der Waals surface area contributed by atoms with Crippen molar-refractivity contribution < 1.29 is 22.4 Å². The molecule has 1 aliphatic carbocycles. The van der Waals surface area contributed by atoms with Crippen LogP contribution in [0.25, 0.3) is 11.6 Å². The molecule has 1 saturated heterocycles. The van der Waals surface area contributed by atoms with Crippen LogP contribution < -0.4 is 5.32 Å². The maximum absolute atomic E-state index is 12.7. The predicted octanol–water partition coefficient (Wildman–Crippen LogP) is 2.30. The van der Waals surface area contributed by atoms with Gasteiger partial charge in [0.15, 0.2) is 5.69 Å². The van der Waals surface area contributed by atoms with E-state index in [4.69, 9.17) is 4.42 Å². The second-order valence-electron chi connectivity index (χ2n) is 7.18. The second kappa shape index (κ2) is 6.24. The molecule has 4 rings (SSSR count). The number of anilines is 1. The molecule has 146 valence electrons. The molecule has 0 bridgehead atoms. The zero-order chi connectivity index (χ0) is 19.2. The molecule has 1 N–H and O–H groups in total. The summed E-state index contributed by atoms with van der Waals surface area (Å²) in [4.78, 5) is 14.1. The fraction of sp³-hybridized carbons (Fsp3) is 0.625. The van der Waals surface area contributed by atoms with Gasteiger partial charge in [-0.15, -0.1) is 5.10 Å². The van der Waals surface area contributed by atoms with Crippen LogP contribution in [0.3, 0.4) is 0 Å². The number of hydrogen-bond donors (Lipinski definition) is 1. The Labute approximate surface area is 152 Å². The molecule has 8 nitrogen and oxygen atoms in total. The molecule has 0 unspecified atom stereocenters. The summed E-state index contributed by atoms with van der Waals surface area (Å²) < 4.78 is 44.6. The van der Waals surface area contributed by atoms with Gasteiger partial charge in [0.25, 0.3) is 5.89 Å². The molecule has 3 heterocycles. The highest BCUT2D eigenvalue weighted by Gasteiger charge is 2.45. The molecular formula is C16H19F3N6O2. The van der Waals surface area contributed by atoms with Crippen molar-refractivity contribution in [3.05, 3.63) is 11.8 Å². The van der Waals surface area contributed by atoms with Crippen LogP contribution in [0.1, 0.15) is 31.4 Å². The first kappa shape index (κ1) is 17.8. The number of hydrogen-bond acceptors (Lipinski definition) is 6. The Balaban J connectivity index is 1.36. The van der Waals surface area contributed by atoms with Crippen molar-refractivity contribution in [1.29, 1.82) is 0 Å². The maximum Gasteiger partial charge on any atom is 0.435 e. The number of aromatic nitrogens is 4. The number of likely N-dealkylation sites (tertiary alicyclic amines) is 1. The van der Waals surface area contributed by atoms with Gasteiger partial charge in [-0.1, -0.05) is 5.10 Å². The zero-order valence-corrected chi connectivity index (χ0v) is 14.7. The summed E-state index contributed by atoms with van der Waals surface area (Å²) >= 11 is 0. The van der Waals surface area contributed by atoms with Crippen molar-refractivity contribution in [3.8, 4) is 11.6 Å². The van der Waals surface area contributed by atoms with Crippen molar-refractivity contribution >= 4 is 11.9 Å². The zero-order valence-electron chi connectivity index (χ0n) is 14.7. The van der Waals surface area contributed by atoms with E-state index in [0.29, 0.717) is 5.41 Å².